The summed E-state index contributed by atoms with van der Waals surface area (Å²) in [6, 6.07) is 2.79. The predicted octanol–water partition coefficient (Wildman–Crippen LogP) is 3.16. The first-order valence-corrected chi connectivity index (χ1v) is 13.4. The van der Waals surface area contributed by atoms with Gasteiger partial charge in [-0.3, -0.25) is 14.9 Å². The minimum absolute atomic E-state index is 0.176. The van der Waals surface area contributed by atoms with Gasteiger partial charge in [0.05, 0.1) is 22.7 Å². The Kier molecular flexibility index (Phi) is 7.90. The number of thiophene rings is 1. The molecule has 1 aliphatic carbocycles. The third-order valence-corrected chi connectivity index (χ3v) is 7.68. The molecule has 0 fully saturated rings. The lowest BCUT2D eigenvalue weighted by Gasteiger charge is -2.18. The van der Waals surface area contributed by atoms with Gasteiger partial charge in [-0.25, -0.2) is 18.0 Å². The highest BCUT2D eigenvalue weighted by atomic mass is 32.2. The van der Waals surface area contributed by atoms with Crippen molar-refractivity contribution in [1.29, 1.82) is 0 Å². The van der Waals surface area contributed by atoms with Crippen LogP contribution in [0.25, 0.3) is 0 Å². The van der Waals surface area contributed by atoms with Crippen LogP contribution in [0.4, 0.5) is 10.7 Å². The molecule has 1 atom stereocenters. The van der Waals surface area contributed by atoms with Crippen LogP contribution in [0.5, 0.6) is 0 Å². The summed E-state index contributed by atoms with van der Waals surface area (Å²) in [5.74, 6) is -1.85. The maximum Gasteiger partial charge on any atom is 0.341 e. The summed E-state index contributed by atoms with van der Waals surface area (Å²) in [5, 5.41) is 14.2. The lowest BCUT2D eigenvalue weighted by Crippen LogP contribution is -2.22. The maximum atomic E-state index is 12.5. The molecule has 0 bridgehead atoms. The number of ether oxygens (including phenoxy) is 2. The van der Waals surface area contributed by atoms with Crippen LogP contribution >= 0.6 is 11.3 Å². The fourth-order valence-electron chi connectivity index (χ4n) is 3.74. The van der Waals surface area contributed by atoms with E-state index in [9.17, 15) is 32.9 Å². The summed E-state index contributed by atoms with van der Waals surface area (Å²) >= 11 is 1.28. The van der Waals surface area contributed by atoms with Crippen molar-refractivity contribution in [1.82, 2.24) is 0 Å². The number of carbonyl (C=O) groups excluding carboxylic acids is 3. The van der Waals surface area contributed by atoms with Crippen molar-refractivity contribution in [3.8, 4) is 0 Å². The highest BCUT2D eigenvalue weighted by molar-refractivity contribution is 7.90. The molecule has 2 aromatic rings. The first-order valence-electron chi connectivity index (χ1n) is 10.7. The molecule has 0 aliphatic heterocycles. The average Bonchev–Trinajstić information content (AvgIpc) is 3.13. The number of sulfone groups is 1. The predicted molar refractivity (Wildman–Crippen MR) is 127 cm³/mol. The topological polar surface area (TPSA) is 159 Å². The van der Waals surface area contributed by atoms with Crippen molar-refractivity contribution in [2.24, 2.45) is 5.92 Å². The van der Waals surface area contributed by atoms with E-state index >= 15 is 0 Å². The van der Waals surface area contributed by atoms with Crippen LogP contribution in [-0.4, -0.2) is 50.7 Å². The van der Waals surface area contributed by atoms with Gasteiger partial charge in [-0.05, 0) is 49.8 Å². The number of amides is 1. The number of nitro benzene ring substituents is 1. The molecular formula is C22H24N2O9S2. The minimum Gasteiger partial charge on any atom is -0.462 e. The van der Waals surface area contributed by atoms with Crippen LogP contribution in [0, 0.1) is 16.0 Å². The second kappa shape index (κ2) is 10.5. The van der Waals surface area contributed by atoms with Gasteiger partial charge in [0.2, 0.25) is 0 Å². The van der Waals surface area contributed by atoms with Gasteiger partial charge in [-0.2, -0.15) is 0 Å². The number of hydrogen-bond donors (Lipinski definition) is 1. The van der Waals surface area contributed by atoms with Crippen molar-refractivity contribution in [2.75, 3.05) is 24.8 Å². The molecule has 1 aromatic carbocycles. The molecular weight excluding hydrogens is 500 g/mol. The second-order valence-corrected chi connectivity index (χ2v) is 11.2. The Hall–Kier alpha value is -3.32. The number of nitrogens with zero attached hydrogens (tertiary/aromatic N) is 1. The molecule has 1 amide bonds. The molecule has 1 aliphatic rings. The molecule has 188 valence electrons. The van der Waals surface area contributed by atoms with Gasteiger partial charge in [-0.15, -0.1) is 11.3 Å². The van der Waals surface area contributed by atoms with Crippen LogP contribution in [0.2, 0.25) is 0 Å². The monoisotopic (exact) mass is 524 g/mol. The first-order chi connectivity index (χ1) is 16.4. The molecule has 35 heavy (non-hydrogen) atoms. The van der Waals surface area contributed by atoms with Gasteiger partial charge in [0.1, 0.15) is 9.90 Å². The zero-order valence-corrected chi connectivity index (χ0v) is 20.9. The summed E-state index contributed by atoms with van der Waals surface area (Å²) in [5.41, 5.74) is 0.107. The smallest absolute Gasteiger partial charge is 0.341 e. The number of rotatable bonds is 8. The molecule has 1 N–H and O–H groups in total. The van der Waals surface area contributed by atoms with Gasteiger partial charge in [0.25, 0.3) is 11.6 Å². The minimum atomic E-state index is -3.90. The molecule has 0 saturated carbocycles. The number of fused-ring (bicyclic) bond motifs is 1. The van der Waals surface area contributed by atoms with Gasteiger partial charge in [0.15, 0.2) is 16.4 Å². The summed E-state index contributed by atoms with van der Waals surface area (Å²) in [7, 11) is -3.90. The molecule has 13 heteroatoms. The normalized spacial score (nSPS) is 15.1. The zero-order chi connectivity index (χ0) is 25.9. The number of carbonyl (C=O) groups is 3. The van der Waals surface area contributed by atoms with Crippen LogP contribution in [0.3, 0.4) is 0 Å². The lowest BCUT2D eigenvalue weighted by atomic mass is 9.88. The fourth-order valence-corrected chi connectivity index (χ4v) is 5.98. The summed E-state index contributed by atoms with van der Waals surface area (Å²) < 4.78 is 33.6. The zero-order valence-electron chi connectivity index (χ0n) is 19.3. The number of hydrogen-bond acceptors (Lipinski definition) is 10. The number of esters is 2. The Balaban J connectivity index is 1.74. The van der Waals surface area contributed by atoms with Gasteiger partial charge < -0.3 is 14.8 Å². The van der Waals surface area contributed by atoms with E-state index in [0.29, 0.717) is 22.9 Å². The molecule has 1 aromatic heterocycles. The molecule has 0 unspecified atom stereocenters. The quantitative estimate of drug-likeness (QED) is 0.311. The van der Waals surface area contributed by atoms with E-state index in [2.05, 4.69) is 12.2 Å². The van der Waals surface area contributed by atoms with Crippen LogP contribution in [-0.2, 0) is 36.9 Å². The van der Waals surface area contributed by atoms with Crippen LogP contribution < -0.4 is 5.32 Å². The second-order valence-electron chi connectivity index (χ2n) is 8.11. The van der Waals surface area contributed by atoms with E-state index < -0.39 is 49.8 Å². The van der Waals surface area contributed by atoms with Gasteiger partial charge >= 0.3 is 11.9 Å². The highest BCUT2D eigenvalue weighted by Gasteiger charge is 2.29. The van der Waals surface area contributed by atoms with E-state index in [1.54, 1.807) is 6.92 Å². The summed E-state index contributed by atoms with van der Waals surface area (Å²) in [6.07, 6.45) is 3.18. The summed E-state index contributed by atoms with van der Waals surface area (Å²) in [6.45, 7) is 3.25. The Morgan fingerprint density at radius 1 is 1.23 bits per heavy atom. The molecule has 0 saturated heterocycles. The SMILES string of the molecule is CCOC(=O)c1c(NC(=O)COC(=O)c2ccc(S(C)(=O)=O)c([N+](=O)[O-])c2)sc2c1CC[C@@H](C)C2. The van der Waals surface area contributed by atoms with E-state index in [4.69, 9.17) is 9.47 Å². The third-order valence-electron chi connectivity index (χ3n) is 5.37. The molecule has 0 radical (unpaired) electrons. The number of nitro groups is 1. The van der Waals surface area contributed by atoms with Crippen molar-refractivity contribution < 1.29 is 37.2 Å². The van der Waals surface area contributed by atoms with Gasteiger partial charge in [0, 0.05) is 17.2 Å². The Morgan fingerprint density at radius 3 is 2.57 bits per heavy atom. The van der Waals surface area contributed by atoms with Crippen molar-refractivity contribution in [3.05, 3.63) is 49.9 Å². The van der Waals surface area contributed by atoms with E-state index in [-0.39, 0.29) is 12.2 Å². The Labute approximate surface area is 205 Å². The summed E-state index contributed by atoms with van der Waals surface area (Å²) in [4.78, 5) is 48.2. The van der Waals surface area contributed by atoms with E-state index in [0.717, 1.165) is 47.7 Å². The number of benzene rings is 1. The average molecular weight is 525 g/mol. The Morgan fingerprint density at radius 2 is 1.94 bits per heavy atom. The fraction of sp³-hybridized carbons (Fsp3) is 0.409. The van der Waals surface area contributed by atoms with Crippen molar-refractivity contribution in [2.45, 2.75) is 38.0 Å². The van der Waals surface area contributed by atoms with Crippen molar-refractivity contribution in [3.63, 3.8) is 0 Å². The highest BCUT2D eigenvalue weighted by Crippen LogP contribution is 2.40. The molecule has 0 spiro atoms. The first kappa shape index (κ1) is 26.3. The van der Waals surface area contributed by atoms with Crippen molar-refractivity contribution >= 4 is 49.7 Å². The van der Waals surface area contributed by atoms with Crippen LogP contribution in [0.15, 0.2) is 23.1 Å². The Bertz CT molecular complexity index is 1300. The molecule has 11 nitrogen and oxygen atoms in total. The third kappa shape index (κ3) is 6.03. The standard InChI is InChI=1S/C22H24N2O9S2/c1-4-32-22(27)19-14-7-5-12(2)9-16(14)34-20(19)23-18(25)11-33-21(26)13-6-8-17(35(3,30)31)15(10-13)24(28)29/h6,8,10,12H,4-5,7,9,11H2,1-3H3,(H,23,25)/t12-/m1/s1. The van der Waals surface area contributed by atoms with E-state index in [1.165, 1.54) is 11.3 Å². The number of nitrogens with one attached hydrogen (secondary N) is 1. The maximum absolute atomic E-state index is 12.5. The van der Waals surface area contributed by atoms with E-state index in [1.807, 2.05) is 0 Å². The molecule has 1 heterocycles. The molecule has 3 rings (SSSR count). The number of anilines is 1. The largest absolute Gasteiger partial charge is 0.462 e. The van der Waals surface area contributed by atoms with Crippen LogP contribution in [0.1, 0.15) is 51.4 Å². The van der Waals surface area contributed by atoms with Gasteiger partial charge in [-0.1, -0.05) is 6.92 Å². The lowest BCUT2D eigenvalue weighted by molar-refractivity contribution is -0.387.